The summed E-state index contributed by atoms with van der Waals surface area (Å²) in [5.41, 5.74) is 5.15. The number of piperidine rings is 1. The second kappa shape index (κ2) is 11.6. The highest BCUT2D eigenvalue weighted by molar-refractivity contribution is 5.68. The van der Waals surface area contributed by atoms with E-state index in [0.29, 0.717) is 32.2 Å². The number of likely N-dealkylation sites (tertiary alicyclic amines) is 1. The quantitative estimate of drug-likeness (QED) is 0.360. The van der Waals surface area contributed by atoms with Gasteiger partial charge in [0.05, 0.1) is 32.6 Å². The minimum atomic E-state index is -0.262. The molecule has 1 aliphatic carbocycles. The van der Waals surface area contributed by atoms with E-state index in [0.717, 1.165) is 46.7 Å². The first-order valence-electron chi connectivity index (χ1n) is 12.9. The van der Waals surface area contributed by atoms with Crippen LogP contribution in [0.15, 0.2) is 60.8 Å². The van der Waals surface area contributed by atoms with Crippen molar-refractivity contribution in [1.29, 1.82) is 0 Å². The fraction of sp³-hybridized carbons (Fsp3) is 0.400. The molecule has 1 amide bonds. The minimum absolute atomic E-state index is 0.109. The van der Waals surface area contributed by atoms with E-state index in [1.165, 1.54) is 18.4 Å². The number of rotatable bonds is 9. The van der Waals surface area contributed by atoms with Crippen molar-refractivity contribution < 1.29 is 23.7 Å². The van der Waals surface area contributed by atoms with Crippen LogP contribution in [0.25, 0.3) is 11.3 Å². The first kappa shape index (κ1) is 25.1. The number of benzene rings is 2. The summed E-state index contributed by atoms with van der Waals surface area (Å²) in [6, 6.07) is 18.0. The third-order valence-corrected chi connectivity index (χ3v) is 7.04. The number of ether oxygens (including phenoxy) is 4. The smallest absolute Gasteiger partial charge is 0.410 e. The van der Waals surface area contributed by atoms with Crippen LogP contribution >= 0.6 is 0 Å². The maximum Gasteiger partial charge on any atom is 0.410 e. The third-order valence-electron chi connectivity index (χ3n) is 7.04. The lowest BCUT2D eigenvalue weighted by Gasteiger charge is -2.31. The van der Waals surface area contributed by atoms with Gasteiger partial charge in [0.25, 0.3) is 0 Å². The lowest BCUT2D eigenvalue weighted by atomic mass is 10.0. The molecule has 1 aromatic heterocycles. The third kappa shape index (κ3) is 6.23. The number of hydrogen-bond donors (Lipinski definition) is 0. The Morgan fingerprint density at radius 2 is 1.70 bits per heavy atom. The summed E-state index contributed by atoms with van der Waals surface area (Å²) in [5, 5.41) is 0. The summed E-state index contributed by atoms with van der Waals surface area (Å²) in [5.74, 6) is 2.08. The average Bonchev–Trinajstić information content (AvgIpc) is 3.81. The molecule has 0 atom stereocenters. The summed E-state index contributed by atoms with van der Waals surface area (Å²) < 4.78 is 23.0. The van der Waals surface area contributed by atoms with Gasteiger partial charge in [-0.1, -0.05) is 30.3 Å². The van der Waals surface area contributed by atoms with E-state index in [2.05, 4.69) is 17.1 Å². The highest BCUT2D eigenvalue weighted by Gasteiger charge is 2.29. The summed E-state index contributed by atoms with van der Waals surface area (Å²) in [6.45, 7) is 2.06. The first-order valence-corrected chi connectivity index (χ1v) is 12.9. The maximum absolute atomic E-state index is 12.4. The van der Waals surface area contributed by atoms with Crippen LogP contribution in [0.2, 0.25) is 0 Å². The molecule has 1 aliphatic heterocycles. The van der Waals surface area contributed by atoms with E-state index in [1.54, 1.807) is 19.1 Å². The Bertz CT molecular complexity index is 1200. The van der Waals surface area contributed by atoms with Gasteiger partial charge in [0.2, 0.25) is 0 Å². The Labute approximate surface area is 218 Å². The fourth-order valence-corrected chi connectivity index (χ4v) is 4.79. The molecule has 37 heavy (non-hydrogen) atoms. The van der Waals surface area contributed by atoms with E-state index in [-0.39, 0.29) is 12.2 Å². The van der Waals surface area contributed by atoms with Crippen molar-refractivity contribution in [3.8, 4) is 22.8 Å². The van der Waals surface area contributed by atoms with Gasteiger partial charge in [-0.25, -0.2) is 4.79 Å². The van der Waals surface area contributed by atoms with Crippen LogP contribution < -0.4 is 9.47 Å². The second-order valence-corrected chi connectivity index (χ2v) is 9.66. The maximum atomic E-state index is 12.4. The number of carbonyl (C=O) groups is 1. The van der Waals surface area contributed by atoms with Gasteiger partial charge in [0.1, 0.15) is 6.61 Å². The molecule has 2 fully saturated rings. The van der Waals surface area contributed by atoms with E-state index in [9.17, 15) is 4.79 Å². The van der Waals surface area contributed by atoms with Gasteiger partial charge in [0.15, 0.2) is 11.5 Å². The Balaban J connectivity index is 1.15. The zero-order chi connectivity index (χ0) is 25.6. The van der Waals surface area contributed by atoms with Gasteiger partial charge in [-0.3, -0.25) is 4.98 Å². The van der Waals surface area contributed by atoms with Crippen molar-refractivity contribution >= 4 is 6.09 Å². The van der Waals surface area contributed by atoms with Gasteiger partial charge in [-0.15, -0.1) is 0 Å². The van der Waals surface area contributed by atoms with Crippen molar-refractivity contribution in [3.63, 3.8) is 0 Å². The van der Waals surface area contributed by atoms with Crippen LogP contribution in [0.1, 0.15) is 48.3 Å². The molecule has 0 unspecified atom stereocenters. The zero-order valence-corrected chi connectivity index (χ0v) is 21.5. The number of nitrogens with zero attached hydrogens (tertiary/aromatic N) is 2. The van der Waals surface area contributed by atoms with Gasteiger partial charge in [-0.05, 0) is 67.0 Å². The van der Waals surface area contributed by atoms with Crippen LogP contribution in [0.5, 0.6) is 11.5 Å². The van der Waals surface area contributed by atoms with Crippen LogP contribution in [0.4, 0.5) is 4.79 Å². The minimum Gasteiger partial charge on any atom is -0.493 e. The molecule has 2 heterocycles. The number of amides is 1. The molecule has 1 saturated heterocycles. The number of carbonyl (C=O) groups excluding carboxylic acids is 1. The van der Waals surface area contributed by atoms with Crippen molar-refractivity contribution in [2.45, 2.75) is 50.9 Å². The summed E-state index contributed by atoms with van der Waals surface area (Å²) in [6.07, 6.45) is 5.60. The van der Waals surface area contributed by atoms with E-state index in [4.69, 9.17) is 18.9 Å². The predicted molar refractivity (Wildman–Crippen MR) is 141 cm³/mol. The highest BCUT2D eigenvalue weighted by atomic mass is 16.6. The first-order chi connectivity index (χ1) is 18.1. The Hall–Kier alpha value is -3.58. The van der Waals surface area contributed by atoms with Crippen molar-refractivity contribution in [1.82, 2.24) is 9.88 Å². The molecule has 2 aromatic carbocycles. The molecule has 1 saturated carbocycles. The monoisotopic (exact) mass is 502 g/mol. The van der Waals surface area contributed by atoms with Crippen LogP contribution in [-0.2, 0) is 22.7 Å². The number of hydrogen-bond acceptors (Lipinski definition) is 6. The molecule has 0 radical (unpaired) electrons. The SMILES string of the molecule is COc1cc(-c2cc(COC3CCN(C(=O)OCc4ccccc4)CC3)ccn2)cc(C2CC2)c1OC. The van der Waals surface area contributed by atoms with E-state index < -0.39 is 0 Å². The molecular formula is C30H34N2O5. The Morgan fingerprint density at radius 3 is 2.41 bits per heavy atom. The van der Waals surface area contributed by atoms with Crippen LogP contribution in [-0.4, -0.2) is 49.4 Å². The van der Waals surface area contributed by atoms with Crippen molar-refractivity contribution in [3.05, 3.63) is 77.5 Å². The molecule has 2 aliphatic rings. The summed E-state index contributed by atoms with van der Waals surface area (Å²) in [7, 11) is 3.36. The largest absolute Gasteiger partial charge is 0.493 e. The fourth-order valence-electron chi connectivity index (χ4n) is 4.79. The Morgan fingerprint density at radius 1 is 0.919 bits per heavy atom. The molecule has 3 aromatic rings. The second-order valence-electron chi connectivity index (χ2n) is 9.66. The highest BCUT2D eigenvalue weighted by Crippen LogP contribution is 2.49. The van der Waals surface area contributed by atoms with Crippen LogP contribution in [0, 0.1) is 0 Å². The molecule has 0 spiro atoms. The molecular weight excluding hydrogens is 468 g/mol. The average molecular weight is 503 g/mol. The summed E-state index contributed by atoms with van der Waals surface area (Å²) in [4.78, 5) is 18.8. The van der Waals surface area contributed by atoms with Gasteiger partial charge >= 0.3 is 6.09 Å². The molecule has 7 nitrogen and oxygen atoms in total. The standard InChI is InChI=1S/C30H34N2O5/c1-34-28-18-24(17-26(23-8-9-23)29(28)35-2)27-16-22(10-13-31-27)20-36-25-11-14-32(15-12-25)30(33)37-19-21-6-4-3-5-7-21/h3-7,10,13,16-18,23,25H,8-9,11-12,14-15,19-20H2,1-2H3. The molecule has 194 valence electrons. The van der Waals surface area contributed by atoms with Crippen molar-refractivity contribution in [2.24, 2.45) is 0 Å². The number of methoxy groups -OCH3 is 2. The molecule has 0 bridgehead atoms. The lowest BCUT2D eigenvalue weighted by molar-refractivity contribution is -0.00397. The van der Waals surface area contributed by atoms with E-state index >= 15 is 0 Å². The van der Waals surface area contributed by atoms with Gasteiger partial charge in [-0.2, -0.15) is 0 Å². The number of aromatic nitrogens is 1. The van der Waals surface area contributed by atoms with E-state index in [1.807, 2.05) is 48.7 Å². The number of pyridine rings is 1. The summed E-state index contributed by atoms with van der Waals surface area (Å²) >= 11 is 0. The lowest BCUT2D eigenvalue weighted by Crippen LogP contribution is -2.41. The Kier molecular flexibility index (Phi) is 7.90. The topological polar surface area (TPSA) is 70.1 Å². The van der Waals surface area contributed by atoms with Crippen molar-refractivity contribution in [2.75, 3.05) is 27.3 Å². The predicted octanol–water partition coefficient (Wildman–Crippen LogP) is 5.96. The molecule has 7 heteroatoms. The zero-order valence-electron chi connectivity index (χ0n) is 21.5. The molecule has 5 rings (SSSR count). The van der Waals surface area contributed by atoms with Crippen LogP contribution in [0.3, 0.4) is 0 Å². The van der Waals surface area contributed by atoms with Gasteiger partial charge in [0, 0.05) is 30.4 Å². The molecule has 0 N–H and O–H groups in total. The van der Waals surface area contributed by atoms with Gasteiger partial charge < -0.3 is 23.8 Å². The normalized spacial score (nSPS) is 15.9.